The first-order chi connectivity index (χ1) is 9.40. The highest BCUT2D eigenvalue weighted by molar-refractivity contribution is 5.97. The van der Waals surface area contributed by atoms with E-state index >= 15 is 0 Å². The molecule has 1 rings (SSSR count). The van der Waals surface area contributed by atoms with Crippen molar-refractivity contribution in [1.29, 1.82) is 0 Å². The van der Waals surface area contributed by atoms with Crippen molar-refractivity contribution in [2.45, 2.75) is 26.3 Å². The molecule has 0 bridgehead atoms. The molecule has 3 amide bonds. The van der Waals surface area contributed by atoms with Crippen LogP contribution in [0, 0.1) is 5.92 Å². The third-order valence-corrected chi connectivity index (χ3v) is 2.55. The fourth-order valence-corrected chi connectivity index (χ4v) is 1.64. The fourth-order valence-electron chi connectivity index (χ4n) is 1.64. The topological polar surface area (TPSA) is 114 Å². The minimum atomic E-state index is -0.725. The lowest BCUT2D eigenvalue weighted by atomic mass is 10.0. The van der Waals surface area contributed by atoms with Gasteiger partial charge < -0.3 is 20.8 Å². The van der Waals surface area contributed by atoms with Crippen LogP contribution in [-0.4, -0.2) is 30.3 Å². The van der Waals surface area contributed by atoms with Crippen molar-refractivity contribution in [3.8, 4) is 0 Å². The first kappa shape index (κ1) is 15.7. The molecule has 1 aromatic rings. The Hall–Kier alpha value is -2.31. The predicted molar refractivity (Wildman–Crippen MR) is 71.6 cm³/mol. The molecule has 1 aromatic heterocycles. The highest BCUT2D eigenvalue weighted by atomic mass is 16.3. The zero-order chi connectivity index (χ0) is 15.1. The van der Waals surface area contributed by atoms with Crippen LogP contribution in [-0.2, 0) is 9.59 Å². The van der Waals surface area contributed by atoms with E-state index in [9.17, 15) is 14.4 Å². The molecule has 7 heteroatoms. The molecule has 0 aliphatic heterocycles. The average Bonchev–Trinajstić information content (AvgIpc) is 2.88. The van der Waals surface area contributed by atoms with Gasteiger partial charge in [0.2, 0.25) is 11.8 Å². The van der Waals surface area contributed by atoms with Crippen LogP contribution < -0.4 is 16.4 Å². The smallest absolute Gasteiger partial charge is 0.255 e. The number of primary amides is 1. The van der Waals surface area contributed by atoms with E-state index in [-0.39, 0.29) is 12.5 Å². The van der Waals surface area contributed by atoms with Crippen LogP contribution >= 0.6 is 0 Å². The molecule has 7 nitrogen and oxygen atoms in total. The van der Waals surface area contributed by atoms with Gasteiger partial charge in [-0.15, -0.1) is 0 Å². The number of hydrogen-bond donors (Lipinski definition) is 3. The highest BCUT2D eigenvalue weighted by Crippen LogP contribution is 2.07. The molecule has 0 unspecified atom stereocenters. The van der Waals surface area contributed by atoms with Crippen LogP contribution in [0.4, 0.5) is 0 Å². The van der Waals surface area contributed by atoms with Crippen LogP contribution in [0.1, 0.15) is 30.6 Å². The number of carbonyl (C=O) groups excluding carboxylic acids is 3. The van der Waals surface area contributed by atoms with E-state index in [1.54, 1.807) is 0 Å². The lowest BCUT2D eigenvalue weighted by Gasteiger charge is -2.19. The minimum Gasteiger partial charge on any atom is -0.472 e. The summed E-state index contributed by atoms with van der Waals surface area (Å²) in [5.74, 6) is -1.28. The highest BCUT2D eigenvalue weighted by Gasteiger charge is 2.22. The normalized spacial score (nSPS) is 11.9. The summed E-state index contributed by atoms with van der Waals surface area (Å²) < 4.78 is 4.82. The maximum absolute atomic E-state index is 11.9. The van der Waals surface area contributed by atoms with Crippen molar-refractivity contribution in [1.82, 2.24) is 10.6 Å². The number of amides is 3. The second-order valence-corrected chi connectivity index (χ2v) is 4.85. The van der Waals surface area contributed by atoms with Crippen molar-refractivity contribution in [2.24, 2.45) is 11.7 Å². The Balaban J connectivity index is 2.66. The molecular formula is C13H19N3O4. The van der Waals surface area contributed by atoms with Gasteiger partial charge in [-0.2, -0.15) is 0 Å². The summed E-state index contributed by atoms with van der Waals surface area (Å²) in [5.41, 5.74) is 5.30. The molecule has 0 aliphatic carbocycles. The molecule has 0 aromatic carbocycles. The fraction of sp³-hybridized carbons (Fsp3) is 0.462. The molecule has 4 N–H and O–H groups in total. The molecule has 20 heavy (non-hydrogen) atoms. The van der Waals surface area contributed by atoms with Crippen molar-refractivity contribution < 1.29 is 18.8 Å². The van der Waals surface area contributed by atoms with Gasteiger partial charge in [-0.1, -0.05) is 13.8 Å². The number of furan rings is 1. The van der Waals surface area contributed by atoms with Crippen molar-refractivity contribution in [2.75, 3.05) is 6.54 Å². The summed E-state index contributed by atoms with van der Waals surface area (Å²) in [4.78, 5) is 34.5. The first-order valence-corrected chi connectivity index (χ1v) is 6.29. The van der Waals surface area contributed by atoms with E-state index in [1.165, 1.54) is 18.6 Å². The SMILES string of the molecule is CC(C)C[C@H](NC(=O)c1ccoc1)C(=O)NCC(N)=O. The summed E-state index contributed by atoms with van der Waals surface area (Å²) in [6.07, 6.45) is 3.12. The molecule has 0 aliphatic rings. The largest absolute Gasteiger partial charge is 0.472 e. The Kier molecular flexibility index (Phi) is 5.76. The molecule has 1 heterocycles. The summed E-state index contributed by atoms with van der Waals surface area (Å²) in [6.45, 7) is 3.60. The van der Waals surface area contributed by atoms with Crippen LogP contribution in [0.25, 0.3) is 0 Å². The summed E-state index contributed by atoms with van der Waals surface area (Å²) in [7, 11) is 0. The van der Waals surface area contributed by atoms with Gasteiger partial charge in [0.05, 0.1) is 18.4 Å². The third kappa shape index (κ3) is 5.13. The molecule has 110 valence electrons. The lowest BCUT2D eigenvalue weighted by molar-refractivity contribution is -0.126. The van der Waals surface area contributed by atoms with Crippen molar-refractivity contribution in [3.63, 3.8) is 0 Å². The Labute approximate surface area is 116 Å². The zero-order valence-electron chi connectivity index (χ0n) is 11.5. The second-order valence-electron chi connectivity index (χ2n) is 4.85. The second kappa shape index (κ2) is 7.32. The van der Waals surface area contributed by atoms with Gasteiger partial charge in [-0.05, 0) is 18.4 Å². The average molecular weight is 281 g/mol. The Morgan fingerprint density at radius 3 is 2.55 bits per heavy atom. The van der Waals surface area contributed by atoms with Gasteiger partial charge in [-0.25, -0.2) is 0 Å². The quantitative estimate of drug-likeness (QED) is 0.653. The van der Waals surface area contributed by atoms with Crippen molar-refractivity contribution >= 4 is 17.7 Å². The van der Waals surface area contributed by atoms with Gasteiger partial charge in [-0.3, -0.25) is 14.4 Å². The van der Waals surface area contributed by atoms with E-state index in [0.717, 1.165) is 0 Å². The molecule has 0 radical (unpaired) electrons. The molecular weight excluding hydrogens is 262 g/mol. The standard InChI is InChI=1S/C13H19N3O4/c1-8(2)5-10(13(19)15-6-11(14)17)16-12(18)9-3-4-20-7-9/h3-4,7-8,10H,5-6H2,1-2H3,(H2,14,17)(H,15,19)(H,16,18)/t10-/m0/s1. The summed E-state index contributed by atoms with van der Waals surface area (Å²) in [6, 6.07) is 0.778. The van der Waals surface area contributed by atoms with E-state index in [2.05, 4.69) is 10.6 Å². The van der Waals surface area contributed by atoms with Gasteiger partial charge >= 0.3 is 0 Å². The molecule has 0 saturated heterocycles. The maximum Gasteiger partial charge on any atom is 0.255 e. The van der Waals surface area contributed by atoms with Crippen LogP contribution in [0.5, 0.6) is 0 Å². The van der Waals surface area contributed by atoms with Crippen LogP contribution in [0.15, 0.2) is 23.0 Å². The number of carbonyl (C=O) groups is 3. The van der Waals surface area contributed by atoms with E-state index in [4.69, 9.17) is 10.2 Å². The van der Waals surface area contributed by atoms with E-state index < -0.39 is 23.8 Å². The Bertz CT molecular complexity index is 468. The summed E-state index contributed by atoms with van der Waals surface area (Å²) in [5, 5.41) is 5.00. The van der Waals surface area contributed by atoms with Crippen molar-refractivity contribution in [3.05, 3.63) is 24.2 Å². The monoisotopic (exact) mass is 281 g/mol. The molecule has 0 fully saturated rings. The zero-order valence-corrected chi connectivity index (χ0v) is 11.5. The summed E-state index contributed by atoms with van der Waals surface area (Å²) >= 11 is 0. The van der Waals surface area contributed by atoms with Gasteiger partial charge in [0.25, 0.3) is 5.91 Å². The Morgan fingerprint density at radius 2 is 2.05 bits per heavy atom. The predicted octanol–water partition coefficient (Wildman–Crippen LogP) is 0.0256. The minimum absolute atomic E-state index is 0.198. The first-order valence-electron chi connectivity index (χ1n) is 6.29. The third-order valence-electron chi connectivity index (χ3n) is 2.55. The number of hydrogen-bond acceptors (Lipinski definition) is 4. The maximum atomic E-state index is 11.9. The van der Waals surface area contributed by atoms with Gasteiger partial charge in [0.15, 0.2) is 0 Å². The molecule has 1 atom stereocenters. The van der Waals surface area contributed by atoms with Crippen LogP contribution in [0.2, 0.25) is 0 Å². The number of rotatable bonds is 7. The van der Waals surface area contributed by atoms with E-state index in [0.29, 0.717) is 12.0 Å². The van der Waals surface area contributed by atoms with Gasteiger partial charge in [0.1, 0.15) is 12.3 Å². The van der Waals surface area contributed by atoms with Gasteiger partial charge in [0, 0.05) is 0 Å². The van der Waals surface area contributed by atoms with E-state index in [1.807, 2.05) is 13.8 Å². The number of nitrogens with two attached hydrogens (primary N) is 1. The molecule has 0 spiro atoms. The van der Waals surface area contributed by atoms with Crippen LogP contribution in [0.3, 0.4) is 0 Å². The number of nitrogens with one attached hydrogen (secondary N) is 2. The Morgan fingerprint density at radius 1 is 1.35 bits per heavy atom. The lowest BCUT2D eigenvalue weighted by Crippen LogP contribution is -2.49. The molecule has 0 saturated carbocycles.